The molecule has 1 N–H and O–H groups in total. The molecule has 0 radical (unpaired) electrons. The van der Waals surface area contributed by atoms with E-state index in [9.17, 15) is 9.59 Å². The van der Waals surface area contributed by atoms with Crippen molar-refractivity contribution < 1.29 is 14.3 Å². The molecule has 6 heteroatoms. The van der Waals surface area contributed by atoms with Gasteiger partial charge < -0.3 is 15.0 Å². The van der Waals surface area contributed by atoms with Crippen molar-refractivity contribution >= 4 is 11.8 Å². The van der Waals surface area contributed by atoms with Crippen molar-refractivity contribution in [2.75, 3.05) is 39.4 Å². The predicted molar refractivity (Wildman–Crippen MR) is 104 cm³/mol. The Morgan fingerprint density at radius 2 is 1.67 bits per heavy atom. The number of nitrogens with zero attached hydrogens (tertiary/aromatic N) is 2. The van der Waals surface area contributed by atoms with E-state index in [0.29, 0.717) is 26.3 Å². The van der Waals surface area contributed by atoms with E-state index >= 15 is 0 Å². The van der Waals surface area contributed by atoms with Gasteiger partial charge in [0, 0.05) is 19.0 Å². The highest BCUT2D eigenvalue weighted by Crippen LogP contribution is 2.22. The maximum Gasteiger partial charge on any atom is 0.237 e. The molecule has 27 heavy (non-hydrogen) atoms. The van der Waals surface area contributed by atoms with Crippen molar-refractivity contribution in [3.8, 4) is 0 Å². The first-order valence-corrected chi connectivity index (χ1v) is 10.0. The lowest BCUT2D eigenvalue weighted by atomic mass is 9.94. The van der Waals surface area contributed by atoms with Crippen LogP contribution in [0.4, 0.5) is 0 Å². The molecule has 2 heterocycles. The van der Waals surface area contributed by atoms with Crippen LogP contribution in [0.2, 0.25) is 0 Å². The quantitative estimate of drug-likeness (QED) is 0.855. The number of hydrogen-bond donors (Lipinski definition) is 1. The van der Waals surface area contributed by atoms with Crippen LogP contribution in [0.5, 0.6) is 0 Å². The number of carbonyl (C=O) groups excluding carboxylic acids is 2. The predicted octanol–water partition coefficient (Wildman–Crippen LogP) is 1.82. The molecule has 2 unspecified atom stereocenters. The van der Waals surface area contributed by atoms with Crippen LogP contribution in [0, 0.1) is 5.92 Å². The molecule has 1 aromatic rings. The van der Waals surface area contributed by atoms with Crippen molar-refractivity contribution in [3.05, 3.63) is 35.9 Å². The number of piperidine rings is 1. The third-order valence-corrected chi connectivity index (χ3v) is 5.79. The van der Waals surface area contributed by atoms with Gasteiger partial charge in [0.15, 0.2) is 0 Å². The summed E-state index contributed by atoms with van der Waals surface area (Å²) < 4.78 is 5.33. The molecule has 0 aromatic heterocycles. The molecule has 2 saturated heterocycles. The second-order valence-electron chi connectivity index (χ2n) is 7.56. The molecule has 6 nitrogen and oxygen atoms in total. The molecule has 2 atom stereocenters. The van der Waals surface area contributed by atoms with Gasteiger partial charge >= 0.3 is 0 Å². The van der Waals surface area contributed by atoms with Crippen molar-refractivity contribution in [2.24, 2.45) is 5.92 Å². The third-order valence-electron chi connectivity index (χ3n) is 5.79. The highest BCUT2D eigenvalue weighted by Gasteiger charge is 2.32. The molecular formula is C21H31N3O3. The molecule has 3 rings (SSSR count). The highest BCUT2D eigenvalue weighted by atomic mass is 16.5. The average molecular weight is 373 g/mol. The van der Waals surface area contributed by atoms with Crippen molar-refractivity contribution in [3.63, 3.8) is 0 Å². The Kier molecular flexibility index (Phi) is 6.85. The van der Waals surface area contributed by atoms with E-state index in [1.807, 2.05) is 49.1 Å². The number of morpholine rings is 1. The number of likely N-dealkylation sites (tertiary alicyclic amines) is 1. The summed E-state index contributed by atoms with van der Waals surface area (Å²) in [7, 11) is 0. The lowest BCUT2D eigenvalue weighted by Crippen LogP contribution is -2.51. The summed E-state index contributed by atoms with van der Waals surface area (Å²) >= 11 is 0. The Hall–Kier alpha value is -1.92. The van der Waals surface area contributed by atoms with Crippen molar-refractivity contribution in [1.29, 1.82) is 0 Å². The van der Waals surface area contributed by atoms with E-state index in [1.165, 1.54) is 0 Å². The van der Waals surface area contributed by atoms with E-state index in [-0.39, 0.29) is 29.8 Å². The van der Waals surface area contributed by atoms with Crippen LogP contribution in [0.15, 0.2) is 30.3 Å². The number of nitrogens with one attached hydrogen (secondary N) is 1. The van der Waals surface area contributed by atoms with Gasteiger partial charge in [0.25, 0.3) is 0 Å². The largest absolute Gasteiger partial charge is 0.378 e. The van der Waals surface area contributed by atoms with Crippen molar-refractivity contribution in [2.45, 2.75) is 38.8 Å². The molecule has 0 aliphatic carbocycles. The Balaban J connectivity index is 1.46. The van der Waals surface area contributed by atoms with Crippen LogP contribution < -0.4 is 5.32 Å². The summed E-state index contributed by atoms with van der Waals surface area (Å²) in [6.07, 6.45) is 1.64. The van der Waals surface area contributed by atoms with Crippen LogP contribution in [-0.2, 0) is 14.3 Å². The number of amides is 2. The highest BCUT2D eigenvalue weighted by molar-refractivity contribution is 5.82. The topological polar surface area (TPSA) is 61.9 Å². The van der Waals surface area contributed by atoms with Crippen LogP contribution in [0.25, 0.3) is 0 Å². The molecule has 0 spiro atoms. The van der Waals surface area contributed by atoms with Gasteiger partial charge in [-0.2, -0.15) is 0 Å². The Bertz CT molecular complexity index is 623. The summed E-state index contributed by atoms with van der Waals surface area (Å²) in [5.41, 5.74) is 1.10. The van der Waals surface area contributed by atoms with Crippen LogP contribution in [0.1, 0.15) is 38.3 Å². The Labute approximate surface area is 161 Å². The van der Waals surface area contributed by atoms with E-state index in [2.05, 4.69) is 10.2 Å². The van der Waals surface area contributed by atoms with Crippen LogP contribution in [-0.4, -0.2) is 67.0 Å². The van der Waals surface area contributed by atoms with Gasteiger partial charge in [-0.15, -0.1) is 0 Å². The second-order valence-corrected chi connectivity index (χ2v) is 7.56. The molecule has 0 saturated carbocycles. The first-order valence-electron chi connectivity index (χ1n) is 10.0. The van der Waals surface area contributed by atoms with Gasteiger partial charge in [0.1, 0.15) is 0 Å². The first-order chi connectivity index (χ1) is 13.1. The fourth-order valence-corrected chi connectivity index (χ4v) is 3.90. The summed E-state index contributed by atoms with van der Waals surface area (Å²) in [6.45, 7) is 8.22. The summed E-state index contributed by atoms with van der Waals surface area (Å²) in [6, 6.07) is 9.80. The minimum absolute atomic E-state index is 0.0124. The van der Waals surface area contributed by atoms with Gasteiger partial charge in [-0.3, -0.25) is 14.5 Å². The van der Waals surface area contributed by atoms with E-state index in [1.54, 1.807) is 0 Å². The fraction of sp³-hybridized carbons (Fsp3) is 0.619. The summed E-state index contributed by atoms with van der Waals surface area (Å²) in [4.78, 5) is 29.4. The Morgan fingerprint density at radius 1 is 1.04 bits per heavy atom. The molecule has 2 amide bonds. The minimum Gasteiger partial charge on any atom is -0.378 e. The molecule has 2 fully saturated rings. The summed E-state index contributed by atoms with van der Waals surface area (Å²) in [5, 5.41) is 3.11. The van der Waals surface area contributed by atoms with Gasteiger partial charge in [0.2, 0.25) is 11.8 Å². The molecule has 2 aliphatic rings. The summed E-state index contributed by atoms with van der Waals surface area (Å²) in [5.74, 6) is 0.384. The molecule has 1 aromatic carbocycles. The zero-order valence-electron chi connectivity index (χ0n) is 16.4. The van der Waals surface area contributed by atoms with Crippen LogP contribution >= 0.6 is 0 Å². The SMILES string of the molecule is CC(NC(=O)C(C)N1CCC(C(=O)N2CCOCC2)CC1)c1ccccc1. The fourth-order valence-electron chi connectivity index (χ4n) is 3.90. The number of rotatable bonds is 5. The lowest BCUT2D eigenvalue weighted by molar-refractivity contribution is -0.141. The monoisotopic (exact) mass is 373 g/mol. The standard InChI is InChI=1S/C21H31N3O3/c1-16(18-6-4-3-5-7-18)22-20(25)17(2)23-10-8-19(9-11-23)21(26)24-12-14-27-15-13-24/h3-7,16-17,19H,8-15H2,1-2H3,(H,22,25). The maximum atomic E-state index is 12.6. The van der Waals surface area contributed by atoms with Gasteiger partial charge in [-0.1, -0.05) is 30.3 Å². The van der Waals surface area contributed by atoms with E-state index in [4.69, 9.17) is 4.74 Å². The zero-order chi connectivity index (χ0) is 19.2. The molecule has 148 valence electrons. The third kappa shape index (κ3) is 5.08. The van der Waals surface area contributed by atoms with E-state index < -0.39 is 0 Å². The average Bonchev–Trinajstić information content (AvgIpc) is 2.74. The molecular weight excluding hydrogens is 342 g/mol. The number of ether oxygens (including phenoxy) is 1. The normalized spacial score (nSPS) is 21.5. The van der Waals surface area contributed by atoms with Gasteiger partial charge in [-0.05, 0) is 45.3 Å². The van der Waals surface area contributed by atoms with E-state index in [0.717, 1.165) is 31.5 Å². The Morgan fingerprint density at radius 3 is 2.30 bits per heavy atom. The smallest absolute Gasteiger partial charge is 0.237 e. The van der Waals surface area contributed by atoms with Gasteiger partial charge in [0.05, 0.1) is 25.3 Å². The number of hydrogen-bond acceptors (Lipinski definition) is 4. The van der Waals surface area contributed by atoms with Gasteiger partial charge in [-0.25, -0.2) is 0 Å². The maximum absolute atomic E-state index is 12.6. The number of carbonyl (C=O) groups is 2. The molecule has 0 bridgehead atoms. The first kappa shape index (κ1) is 19.8. The second kappa shape index (κ2) is 9.33. The molecule has 2 aliphatic heterocycles. The number of benzene rings is 1. The van der Waals surface area contributed by atoms with Crippen molar-refractivity contribution in [1.82, 2.24) is 15.1 Å². The zero-order valence-corrected chi connectivity index (χ0v) is 16.4. The minimum atomic E-state index is -0.185. The van der Waals surface area contributed by atoms with Crippen LogP contribution in [0.3, 0.4) is 0 Å². The lowest BCUT2D eigenvalue weighted by Gasteiger charge is -2.37.